The molecule has 1 aromatic carbocycles. The first-order valence-corrected chi connectivity index (χ1v) is 12.4. The summed E-state index contributed by atoms with van der Waals surface area (Å²) in [6.07, 6.45) is 1.48. The topological polar surface area (TPSA) is 96.5 Å². The van der Waals surface area contributed by atoms with Crippen LogP contribution in [0.3, 0.4) is 0 Å². The zero-order valence-corrected chi connectivity index (χ0v) is 20.7. The Bertz CT molecular complexity index is 1000. The van der Waals surface area contributed by atoms with Crippen LogP contribution in [0.15, 0.2) is 18.2 Å². The number of hydrogen-bond donors (Lipinski definition) is 3. The first-order chi connectivity index (χ1) is 17.4. The number of hydrogen-bond acceptors (Lipinski definition) is 9. The number of alkyl halides is 3. The zero-order chi connectivity index (χ0) is 25.5. The second-order valence-corrected chi connectivity index (χ2v) is 9.17. The van der Waals surface area contributed by atoms with Crippen LogP contribution >= 0.6 is 0 Å². The fourth-order valence-electron chi connectivity index (χ4n) is 4.62. The maximum absolute atomic E-state index is 13.5. The van der Waals surface area contributed by atoms with Crippen molar-refractivity contribution in [2.75, 3.05) is 56.0 Å². The molecule has 0 amide bonds. The molecule has 198 valence electrons. The lowest BCUT2D eigenvalue weighted by molar-refractivity contribution is -0.138. The molecule has 2 fully saturated rings. The van der Waals surface area contributed by atoms with E-state index in [1.165, 1.54) is 38.5 Å². The molecule has 4 rings (SSSR count). The van der Waals surface area contributed by atoms with Crippen molar-refractivity contribution in [2.24, 2.45) is 5.92 Å². The fourth-order valence-corrected chi connectivity index (χ4v) is 4.62. The van der Waals surface area contributed by atoms with Gasteiger partial charge in [-0.25, -0.2) is 0 Å². The summed E-state index contributed by atoms with van der Waals surface area (Å²) in [6.45, 7) is 5.44. The van der Waals surface area contributed by atoms with Crippen LogP contribution in [-0.2, 0) is 10.9 Å². The minimum atomic E-state index is -4.56. The standard InChI is InChI=1S/C24H34F3N7O2/c1-3-34-15-36-14-18(34)13-29-22-31-21(28-12-16-7-5-4-6-8-16)32-23(33-22)30-17-9-10-20(35-2)19(11-17)24(25,26)27/h9-11,16,18H,3-8,12-15H2,1-2H3,(H3,28,29,30,31,32,33). The third-order valence-corrected chi connectivity index (χ3v) is 6.66. The van der Waals surface area contributed by atoms with Gasteiger partial charge in [0.05, 0.1) is 32.1 Å². The molecule has 0 radical (unpaired) electrons. The van der Waals surface area contributed by atoms with Crippen molar-refractivity contribution in [1.82, 2.24) is 19.9 Å². The van der Waals surface area contributed by atoms with E-state index < -0.39 is 11.7 Å². The number of rotatable bonds is 10. The summed E-state index contributed by atoms with van der Waals surface area (Å²) in [5.74, 6) is 1.16. The van der Waals surface area contributed by atoms with Gasteiger partial charge in [-0.1, -0.05) is 26.2 Å². The molecule has 2 aromatic rings. The summed E-state index contributed by atoms with van der Waals surface area (Å²) < 4.78 is 50.9. The zero-order valence-electron chi connectivity index (χ0n) is 20.7. The molecule has 1 saturated heterocycles. The molecule has 3 N–H and O–H groups in total. The Morgan fingerprint density at radius 2 is 1.72 bits per heavy atom. The molecule has 1 atom stereocenters. The predicted octanol–water partition coefficient (Wildman–Crippen LogP) is 4.72. The summed E-state index contributed by atoms with van der Waals surface area (Å²) in [5, 5.41) is 9.45. The van der Waals surface area contributed by atoms with Gasteiger partial charge in [-0.05, 0) is 43.5 Å². The monoisotopic (exact) mass is 509 g/mol. The molecular weight excluding hydrogens is 475 g/mol. The molecule has 36 heavy (non-hydrogen) atoms. The molecule has 0 bridgehead atoms. The van der Waals surface area contributed by atoms with Crippen molar-refractivity contribution in [3.05, 3.63) is 23.8 Å². The number of halogens is 3. The molecular formula is C24H34F3N7O2. The summed E-state index contributed by atoms with van der Waals surface area (Å²) in [4.78, 5) is 15.6. The fraction of sp³-hybridized carbons (Fsp3) is 0.625. The van der Waals surface area contributed by atoms with E-state index in [2.05, 4.69) is 42.7 Å². The highest BCUT2D eigenvalue weighted by molar-refractivity contribution is 5.59. The Labute approximate surface area is 209 Å². The van der Waals surface area contributed by atoms with Gasteiger partial charge in [-0.3, -0.25) is 4.90 Å². The van der Waals surface area contributed by atoms with Crippen molar-refractivity contribution >= 4 is 23.5 Å². The first-order valence-electron chi connectivity index (χ1n) is 12.4. The van der Waals surface area contributed by atoms with Gasteiger partial charge in [0.25, 0.3) is 0 Å². The minimum Gasteiger partial charge on any atom is -0.496 e. The Hall–Kier alpha value is -2.86. The van der Waals surface area contributed by atoms with E-state index in [4.69, 9.17) is 9.47 Å². The molecule has 9 nitrogen and oxygen atoms in total. The van der Waals surface area contributed by atoms with E-state index in [1.807, 2.05) is 0 Å². The summed E-state index contributed by atoms with van der Waals surface area (Å²) in [5.41, 5.74) is -0.682. The van der Waals surface area contributed by atoms with Crippen LogP contribution in [0.1, 0.15) is 44.6 Å². The highest BCUT2D eigenvalue weighted by Crippen LogP contribution is 2.38. The molecule has 1 saturated carbocycles. The number of aromatic nitrogens is 3. The highest BCUT2D eigenvalue weighted by Gasteiger charge is 2.34. The van der Waals surface area contributed by atoms with E-state index in [0.717, 1.165) is 32.0 Å². The number of anilines is 4. The van der Waals surface area contributed by atoms with Gasteiger partial charge < -0.3 is 25.4 Å². The quantitative estimate of drug-likeness (QED) is 0.420. The van der Waals surface area contributed by atoms with Crippen molar-refractivity contribution in [3.8, 4) is 5.75 Å². The average molecular weight is 510 g/mol. The summed E-state index contributed by atoms with van der Waals surface area (Å²) >= 11 is 0. The maximum Gasteiger partial charge on any atom is 0.420 e. The Morgan fingerprint density at radius 1 is 1.03 bits per heavy atom. The molecule has 12 heteroatoms. The van der Waals surface area contributed by atoms with Crippen LogP contribution in [0, 0.1) is 5.92 Å². The van der Waals surface area contributed by atoms with Crippen LogP contribution < -0.4 is 20.7 Å². The maximum atomic E-state index is 13.5. The smallest absolute Gasteiger partial charge is 0.420 e. The van der Waals surface area contributed by atoms with Gasteiger partial charge >= 0.3 is 6.18 Å². The lowest BCUT2D eigenvalue weighted by Gasteiger charge is -2.22. The van der Waals surface area contributed by atoms with E-state index >= 15 is 0 Å². The number of likely N-dealkylation sites (N-methyl/N-ethyl adjacent to an activating group) is 1. The van der Waals surface area contributed by atoms with Crippen molar-refractivity contribution in [3.63, 3.8) is 0 Å². The highest BCUT2D eigenvalue weighted by atomic mass is 19.4. The summed E-state index contributed by atoms with van der Waals surface area (Å²) in [6, 6.07) is 3.93. The molecule has 1 aliphatic carbocycles. The third kappa shape index (κ3) is 6.88. The molecule has 1 aromatic heterocycles. The molecule has 2 heterocycles. The third-order valence-electron chi connectivity index (χ3n) is 6.66. The number of nitrogens with one attached hydrogen (secondary N) is 3. The van der Waals surface area contributed by atoms with Crippen LogP contribution in [-0.4, -0.2) is 66.0 Å². The normalized spacial score (nSPS) is 19.3. The number of methoxy groups -OCH3 is 1. The lowest BCUT2D eigenvalue weighted by atomic mass is 9.89. The van der Waals surface area contributed by atoms with Crippen LogP contribution in [0.4, 0.5) is 36.7 Å². The van der Waals surface area contributed by atoms with Gasteiger partial charge in [0.1, 0.15) is 5.75 Å². The minimum absolute atomic E-state index is 0.145. The first kappa shape index (κ1) is 26.2. The van der Waals surface area contributed by atoms with Gasteiger partial charge in [0.2, 0.25) is 17.8 Å². The van der Waals surface area contributed by atoms with Crippen LogP contribution in [0.25, 0.3) is 0 Å². The van der Waals surface area contributed by atoms with Gasteiger partial charge in [-0.15, -0.1) is 0 Å². The van der Waals surface area contributed by atoms with Crippen LogP contribution in [0.5, 0.6) is 5.75 Å². The van der Waals surface area contributed by atoms with E-state index in [9.17, 15) is 13.2 Å². The number of nitrogens with zero attached hydrogens (tertiary/aromatic N) is 4. The molecule has 2 aliphatic rings. The summed E-state index contributed by atoms with van der Waals surface area (Å²) in [7, 11) is 1.21. The lowest BCUT2D eigenvalue weighted by Crippen LogP contribution is -2.36. The predicted molar refractivity (Wildman–Crippen MR) is 132 cm³/mol. The Balaban J connectivity index is 1.53. The Kier molecular flexibility index (Phi) is 8.68. The number of ether oxygens (including phenoxy) is 2. The van der Waals surface area contributed by atoms with E-state index in [0.29, 0.717) is 37.7 Å². The van der Waals surface area contributed by atoms with Crippen molar-refractivity contribution in [1.29, 1.82) is 0 Å². The second-order valence-electron chi connectivity index (χ2n) is 9.17. The molecule has 0 spiro atoms. The van der Waals surface area contributed by atoms with Crippen LogP contribution in [0.2, 0.25) is 0 Å². The van der Waals surface area contributed by atoms with E-state index in [1.54, 1.807) is 0 Å². The van der Waals surface area contributed by atoms with Crippen molar-refractivity contribution in [2.45, 2.75) is 51.2 Å². The van der Waals surface area contributed by atoms with Gasteiger partial charge in [0, 0.05) is 18.8 Å². The van der Waals surface area contributed by atoms with Gasteiger partial charge in [0.15, 0.2) is 0 Å². The second kappa shape index (κ2) is 11.9. The largest absolute Gasteiger partial charge is 0.496 e. The van der Waals surface area contributed by atoms with Crippen molar-refractivity contribution < 1.29 is 22.6 Å². The molecule has 1 aliphatic heterocycles. The SMILES string of the molecule is CCN1COCC1CNc1nc(NCC2CCCCC2)nc(Nc2ccc(OC)c(C(F)(F)F)c2)n1. The Morgan fingerprint density at radius 3 is 2.39 bits per heavy atom. The average Bonchev–Trinajstić information content (AvgIpc) is 3.34. The van der Waals surface area contributed by atoms with Gasteiger partial charge in [-0.2, -0.15) is 28.1 Å². The molecule has 1 unspecified atom stereocenters. The van der Waals surface area contributed by atoms with E-state index in [-0.39, 0.29) is 23.4 Å². The number of benzene rings is 1.